The van der Waals surface area contributed by atoms with Crippen LogP contribution in [0.2, 0.25) is 0 Å². The topological polar surface area (TPSA) is 15.3 Å². The van der Waals surface area contributed by atoms with E-state index in [2.05, 4.69) is 82.6 Å². The minimum Gasteiger partial charge on any atom is -0.366 e. The molecule has 21 heavy (non-hydrogen) atoms. The molecule has 1 atom stereocenters. The number of hydrogen-bond donors (Lipinski definition) is 1. The summed E-state index contributed by atoms with van der Waals surface area (Å²) in [6.07, 6.45) is 0. The maximum Gasteiger partial charge on any atom is 0.0523 e. The Morgan fingerprint density at radius 3 is 2.67 bits per heavy atom. The maximum atomic E-state index is 3.75. The SMILES string of the molecule is CCNC(C)c1ccc(N(CC)Cc2cccs2)c(Br)c1. The Morgan fingerprint density at radius 2 is 2.10 bits per heavy atom. The molecule has 1 N–H and O–H groups in total. The lowest BCUT2D eigenvalue weighted by Crippen LogP contribution is -2.22. The van der Waals surface area contributed by atoms with Crippen molar-refractivity contribution in [3.05, 3.63) is 50.6 Å². The number of hydrogen-bond acceptors (Lipinski definition) is 3. The summed E-state index contributed by atoms with van der Waals surface area (Å²) in [6, 6.07) is 11.4. The Hall–Kier alpha value is -0.840. The average Bonchev–Trinajstić information content (AvgIpc) is 2.98. The molecule has 1 heterocycles. The molecule has 0 amide bonds. The van der Waals surface area contributed by atoms with Crippen LogP contribution in [0.25, 0.3) is 0 Å². The van der Waals surface area contributed by atoms with E-state index in [1.54, 1.807) is 0 Å². The molecule has 2 nitrogen and oxygen atoms in total. The number of nitrogens with zero attached hydrogens (tertiary/aromatic N) is 1. The molecule has 2 aromatic rings. The van der Waals surface area contributed by atoms with Crippen LogP contribution in [0.1, 0.15) is 37.3 Å². The van der Waals surface area contributed by atoms with Crippen LogP contribution in [0.4, 0.5) is 5.69 Å². The predicted molar refractivity (Wildman–Crippen MR) is 97.3 cm³/mol. The van der Waals surface area contributed by atoms with E-state index < -0.39 is 0 Å². The van der Waals surface area contributed by atoms with E-state index in [0.29, 0.717) is 6.04 Å². The van der Waals surface area contributed by atoms with Crippen LogP contribution in [0.15, 0.2) is 40.2 Å². The van der Waals surface area contributed by atoms with Crippen LogP contribution in [-0.2, 0) is 6.54 Å². The van der Waals surface area contributed by atoms with Crippen LogP contribution in [0, 0.1) is 0 Å². The van der Waals surface area contributed by atoms with Gasteiger partial charge in [0, 0.05) is 21.9 Å². The molecule has 1 unspecified atom stereocenters. The van der Waals surface area contributed by atoms with Crippen molar-refractivity contribution in [2.45, 2.75) is 33.4 Å². The minimum absolute atomic E-state index is 0.382. The third kappa shape index (κ3) is 4.31. The van der Waals surface area contributed by atoms with Crippen molar-refractivity contribution in [1.82, 2.24) is 5.32 Å². The van der Waals surface area contributed by atoms with Gasteiger partial charge >= 0.3 is 0 Å². The van der Waals surface area contributed by atoms with E-state index in [4.69, 9.17) is 0 Å². The third-order valence-corrected chi connectivity index (χ3v) is 5.13. The van der Waals surface area contributed by atoms with Gasteiger partial charge in [-0.3, -0.25) is 0 Å². The molecule has 2 rings (SSSR count). The van der Waals surface area contributed by atoms with Crippen molar-refractivity contribution in [3.8, 4) is 0 Å². The van der Waals surface area contributed by atoms with Crippen molar-refractivity contribution >= 4 is 33.0 Å². The first-order valence-electron chi connectivity index (χ1n) is 7.45. The quantitative estimate of drug-likeness (QED) is 0.723. The van der Waals surface area contributed by atoms with Gasteiger partial charge < -0.3 is 10.2 Å². The number of nitrogens with one attached hydrogen (secondary N) is 1. The van der Waals surface area contributed by atoms with Crippen LogP contribution in [0.5, 0.6) is 0 Å². The fourth-order valence-corrected chi connectivity index (χ4v) is 3.80. The van der Waals surface area contributed by atoms with Crippen molar-refractivity contribution in [3.63, 3.8) is 0 Å². The van der Waals surface area contributed by atoms with E-state index in [-0.39, 0.29) is 0 Å². The van der Waals surface area contributed by atoms with Gasteiger partial charge in [0.25, 0.3) is 0 Å². The third-order valence-electron chi connectivity index (χ3n) is 3.63. The van der Waals surface area contributed by atoms with Gasteiger partial charge in [0.05, 0.1) is 12.2 Å². The lowest BCUT2D eigenvalue weighted by Gasteiger charge is -2.25. The van der Waals surface area contributed by atoms with E-state index >= 15 is 0 Å². The van der Waals surface area contributed by atoms with E-state index in [9.17, 15) is 0 Å². The summed E-state index contributed by atoms with van der Waals surface area (Å²) >= 11 is 5.56. The van der Waals surface area contributed by atoms with E-state index in [0.717, 1.165) is 19.6 Å². The van der Waals surface area contributed by atoms with Crippen molar-refractivity contribution < 1.29 is 0 Å². The van der Waals surface area contributed by atoms with Gasteiger partial charge in [-0.15, -0.1) is 11.3 Å². The minimum atomic E-state index is 0.382. The van der Waals surface area contributed by atoms with Gasteiger partial charge in [-0.1, -0.05) is 19.1 Å². The second-order valence-electron chi connectivity index (χ2n) is 5.08. The van der Waals surface area contributed by atoms with Gasteiger partial charge in [-0.25, -0.2) is 0 Å². The zero-order valence-corrected chi connectivity index (χ0v) is 15.3. The molecular formula is C17H23BrN2S. The summed E-state index contributed by atoms with van der Waals surface area (Å²) in [7, 11) is 0. The maximum absolute atomic E-state index is 3.75. The van der Waals surface area contributed by atoms with E-state index in [1.807, 2.05) is 11.3 Å². The zero-order chi connectivity index (χ0) is 15.2. The van der Waals surface area contributed by atoms with Crippen LogP contribution >= 0.6 is 27.3 Å². The number of thiophene rings is 1. The number of halogens is 1. The molecule has 0 saturated heterocycles. The Bertz CT molecular complexity index is 554. The molecule has 4 heteroatoms. The molecule has 0 spiro atoms. The van der Waals surface area contributed by atoms with E-state index in [1.165, 1.54) is 20.6 Å². The molecule has 0 aliphatic rings. The molecule has 0 radical (unpaired) electrons. The standard InChI is InChI=1S/C17H23BrN2S/c1-4-19-13(3)14-8-9-17(16(18)11-14)20(5-2)12-15-7-6-10-21-15/h6-11,13,19H,4-5,12H2,1-3H3. The summed E-state index contributed by atoms with van der Waals surface area (Å²) in [5.41, 5.74) is 2.58. The highest BCUT2D eigenvalue weighted by Crippen LogP contribution is 2.30. The Morgan fingerprint density at radius 1 is 1.29 bits per heavy atom. The summed E-state index contributed by atoms with van der Waals surface area (Å²) < 4.78 is 1.17. The zero-order valence-electron chi connectivity index (χ0n) is 12.9. The first-order valence-corrected chi connectivity index (χ1v) is 9.13. The summed E-state index contributed by atoms with van der Waals surface area (Å²) in [6.45, 7) is 9.50. The van der Waals surface area contributed by atoms with Crippen LogP contribution in [-0.4, -0.2) is 13.1 Å². The highest BCUT2D eigenvalue weighted by Gasteiger charge is 2.12. The van der Waals surface area contributed by atoms with Crippen molar-refractivity contribution in [2.24, 2.45) is 0 Å². The fraction of sp³-hybridized carbons (Fsp3) is 0.412. The molecule has 0 fully saturated rings. The molecule has 114 valence electrons. The number of rotatable bonds is 7. The van der Waals surface area contributed by atoms with Crippen LogP contribution < -0.4 is 10.2 Å². The first-order chi connectivity index (χ1) is 10.2. The van der Waals surface area contributed by atoms with Crippen LogP contribution in [0.3, 0.4) is 0 Å². The van der Waals surface area contributed by atoms with Gasteiger partial charge in [0.15, 0.2) is 0 Å². The Balaban J connectivity index is 2.18. The van der Waals surface area contributed by atoms with Gasteiger partial charge in [-0.05, 0) is 65.5 Å². The number of anilines is 1. The van der Waals surface area contributed by atoms with Crippen molar-refractivity contribution in [2.75, 3.05) is 18.0 Å². The Kier molecular flexibility index (Phi) is 6.27. The summed E-state index contributed by atoms with van der Waals surface area (Å²) in [4.78, 5) is 3.80. The second kappa shape index (κ2) is 7.97. The second-order valence-corrected chi connectivity index (χ2v) is 6.97. The highest BCUT2D eigenvalue weighted by atomic mass is 79.9. The Labute approximate surface area is 140 Å². The van der Waals surface area contributed by atoms with Crippen molar-refractivity contribution in [1.29, 1.82) is 0 Å². The molecule has 0 aliphatic heterocycles. The smallest absolute Gasteiger partial charge is 0.0523 e. The molecule has 0 saturated carbocycles. The van der Waals surface area contributed by atoms with Gasteiger partial charge in [0.1, 0.15) is 0 Å². The fourth-order valence-electron chi connectivity index (χ4n) is 2.43. The van der Waals surface area contributed by atoms with Gasteiger partial charge in [0.2, 0.25) is 0 Å². The normalized spacial score (nSPS) is 12.4. The molecule has 0 aliphatic carbocycles. The average molecular weight is 367 g/mol. The van der Waals surface area contributed by atoms with Gasteiger partial charge in [-0.2, -0.15) is 0 Å². The molecule has 1 aromatic carbocycles. The molecular weight excluding hydrogens is 344 g/mol. The largest absolute Gasteiger partial charge is 0.366 e. The summed E-state index contributed by atoms with van der Waals surface area (Å²) in [5, 5.41) is 5.59. The highest BCUT2D eigenvalue weighted by molar-refractivity contribution is 9.10. The first kappa shape index (κ1) is 16.5. The summed E-state index contributed by atoms with van der Waals surface area (Å²) in [5.74, 6) is 0. The molecule has 0 bridgehead atoms. The number of benzene rings is 1. The lowest BCUT2D eigenvalue weighted by molar-refractivity contribution is 0.598. The monoisotopic (exact) mass is 366 g/mol. The predicted octanol–water partition coefficient (Wildman–Crippen LogP) is 5.21. The molecule has 1 aromatic heterocycles. The lowest BCUT2D eigenvalue weighted by atomic mass is 10.1.